The molecule has 0 N–H and O–H groups in total. The molecular weight excluding hydrogens is 362 g/mol. The minimum atomic E-state index is -0.735. The van der Waals surface area contributed by atoms with Gasteiger partial charge in [-0.25, -0.2) is 4.79 Å². The van der Waals surface area contributed by atoms with Gasteiger partial charge < -0.3 is 18.9 Å². The summed E-state index contributed by atoms with van der Waals surface area (Å²) in [5.74, 6) is -1.21. The van der Waals surface area contributed by atoms with Crippen LogP contribution in [0.4, 0.5) is 0 Å². The molecule has 2 atom stereocenters. The number of methoxy groups -OCH3 is 2. The molecule has 1 aromatic carbocycles. The van der Waals surface area contributed by atoms with Crippen LogP contribution in [-0.2, 0) is 19.1 Å². The lowest BCUT2D eigenvalue weighted by atomic mass is 9.75. The highest BCUT2D eigenvalue weighted by Crippen LogP contribution is 2.42. The minimum Gasteiger partial charge on any atom is -0.493 e. The number of carbonyl (C=O) groups is 2. The van der Waals surface area contributed by atoms with Gasteiger partial charge in [-0.05, 0) is 45.4 Å². The average molecular weight is 389 g/mol. The molecule has 0 spiro atoms. The monoisotopic (exact) mass is 389 g/mol. The Labute approximate surface area is 165 Å². The van der Waals surface area contributed by atoms with Crippen molar-refractivity contribution in [3.63, 3.8) is 0 Å². The predicted molar refractivity (Wildman–Crippen MR) is 105 cm³/mol. The van der Waals surface area contributed by atoms with E-state index in [1.165, 1.54) is 7.11 Å². The topological polar surface area (TPSA) is 83.4 Å². The normalized spacial score (nSPS) is 19.0. The fourth-order valence-electron chi connectivity index (χ4n) is 3.45. The van der Waals surface area contributed by atoms with Crippen LogP contribution in [0.25, 0.3) is 0 Å². The van der Waals surface area contributed by atoms with Crippen molar-refractivity contribution < 1.29 is 28.5 Å². The Hall–Kier alpha value is -2.83. The summed E-state index contributed by atoms with van der Waals surface area (Å²) in [5.41, 5.74) is 2.17. The van der Waals surface area contributed by atoms with Crippen molar-refractivity contribution in [1.29, 1.82) is 0 Å². The van der Waals surface area contributed by atoms with Crippen LogP contribution in [0.15, 0.2) is 34.5 Å². The maximum absolute atomic E-state index is 12.8. The third-order valence-corrected chi connectivity index (χ3v) is 4.63. The molecule has 2 rings (SSSR count). The first-order valence-corrected chi connectivity index (χ1v) is 9.21. The van der Waals surface area contributed by atoms with Crippen LogP contribution in [0.5, 0.6) is 11.5 Å². The molecule has 7 heteroatoms. The summed E-state index contributed by atoms with van der Waals surface area (Å²) < 4.78 is 21.2. The smallest absolute Gasteiger partial charge is 0.336 e. The quantitative estimate of drug-likeness (QED) is 0.666. The van der Waals surface area contributed by atoms with Crippen LogP contribution in [0.2, 0.25) is 0 Å². The molecule has 28 heavy (non-hydrogen) atoms. The molecule has 0 saturated carbocycles. The second-order valence-electron chi connectivity index (χ2n) is 6.29. The van der Waals surface area contributed by atoms with Crippen LogP contribution in [0, 0.1) is 5.92 Å². The Balaban J connectivity index is 2.67. The fourth-order valence-corrected chi connectivity index (χ4v) is 3.45. The molecule has 1 aromatic rings. The zero-order chi connectivity index (χ0) is 20.8. The van der Waals surface area contributed by atoms with Crippen molar-refractivity contribution >= 4 is 17.7 Å². The Morgan fingerprint density at radius 3 is 2.21 bits per heavy atom. The van der Waals surface area contributed by atoms with Gasteiger partial charge in [0, 0.05) is 17.3 Å². The zero-order valence-corrected chi connectivity index (χ0v) is 17.2. The fraction of sp³-hybridized carbons (Fsp3) is 0.476. The van der Waals surface area contributed by atoms with Crippen molar-refractivity contribution in [2.75, 3.05) is 27.4 Å². The van der Waals surface area contributed by atoms with E-state index in [1.807, 2.05) is 6.07 Å². The van der Waals surface area contributed by atoms with Gasteiger partial charge in [0.25, 0.3) is 0 Å². The van der Waals surface area contributed by atoms with E-state index in [0.29, 0.717) is 34.0 Å². The van der Waals surface area contributed by atoms with E-state index in [0.717, 1.165) is 0 Å². The molecule has 1 heterocycles. The van der Waals surface area contributed by atoms with E-state index in [-0.39, 0.29) is 13.2 Å². The Morgan fingerprint density at radius 1 is 1.00 bits per heavy atom. The van der Waals surface area contributed by atoms with Crippen LogP contribution in [-0.4, -0.2) is 45.1 Å². The van der Waals surface area contributed by atoms with Gasteiger partial charge in [-0.3, -0.25) is 9.79 Å². The number of ether oxygens (including phenoxy) is 4. The summed E-state index contributed by atoms with van der Waals surface area (Å²) in [6.07, 6.45) is 0. The number of hydrogen-bond donors (Lipinski definition) is 0. The molecule has 0 saturated heterocycles. The molecule has 1 aliphatic rings. The highest BCUT2D eigenvalue weighted by Gasteiger charge is 2.42. The molecule has 1 aliphatic heterocycles. The lowest BCUT2D eigenvalue weighted by molar-refractivity contribution is -0.146. The summed E-state index contributed by atoms with van der Waals surface area (Å²) in [6, 6.07) is 5.32. The largest absolute Gasteiger partial charge is 0.493 e. The van der Waals surface area contributed by atoms with Gasteiger partial charge in [-0.15, -0.1) is 0 Å². The maximum atomic E-state index is 12.8. The summed E-state index contributed by atoms with van der Waals surface area (Å²) in [6.45, 7) is 7.44. The summed E-state index contributed by atoms with van der Waals surface area (Å²) in [5, 5.41) is 0. The second kappa shape index (κ2) is 9.39. The van der Waals surface area contributed by atoms with Crippen molar-refractivity contribution in [3.8, 4) is 11.5 Å². The number of allylic oxidation sites excluding steroid dienone is 1. The molecule has 0 aromatic heterocycles. The van der Waals surface area contributed by atoms with E-state index in [4.69, 9.17) is 18.9 Å². The van der Waals surface area contributed by atoms with E-state index in [1.54, 1.807) is 46.9 Å². The van der Waals surface area contributed by atoms with Gasteiger partial charge in [0.2, 0.25) is 0 Å². The third-order valence-electron chi connectivity index (χ3n) is 4.63. The molecule has 0 bridgehead atoms. The first-order chi connectivity index (χ1) is 13.4. The van der Waals surface area contributed by atoms with Crippen LogP contribution in [0.1, 0.15) is 39.2 Å². The SMILES string of the molecule is CCOC(=O)C1=C(C)N=C(C)C(C(=O)OCC)[C@H]1c1ccc(OC)c(OC)c1. The second-order valence-corrected chi connectivity index (χ2v) is 6.29. The highest BCUT2D eigenvalue weighted by atomic mass is 16.5. The molecule has 1 unspecified atom stereocenters. The van der Waals surface area contributed by atoms with Crippen molar-refractivity contribution in [1.82, 2.24) is 0 Å². The molecule has 7 nitrogen and oxygen atoms in total. The first kappa shape index (κ1) is 21.5. The van der Waals surface area contributed by atoms with E-state index < -0.39 is 23.8 Å². The molecule has 0 fully saturated rings. The lowest BCUT2D eigenvalue weighted by Crippen LogP contribution is -2.36. The Kier molecular flexibility index (Phi) is 7.20. The predicted octanol–water partition coefficient (Wildman–Crippen LogP) is 3.28. The third kappa shape index (κ3) is 4.18. The van der Waals surface area contributed by atoms with Crippen molar-refractivity contribution in [3.05, 3.63) is 35.0 Å². The highest BCUT2D eigenvalue weighted by molar-refractivity contribution is 6.07. The Morgan fingerprint density at radius 2 is 1.64 bits per heavy atom. The molecular formula is C21H27NO6. The van der Waals surface area contributed by atoms with Crippen LogP contribution < -0.4 is 9.47 Å². The Bertz CT molecular complexity index is 811. The zero-order valence-electron chi connectivity index (χ0n) is 17.2. The number of aliphatic imine (C=N–C) groups is 1. The van der Waals surface area contributed by atoms with Crippen molar-refractivity contribution in [2.24, 2.45) is 10.9 Å². The molecule has 0 radical (unpaired) electrons. The summed E-state index contributed by atoms with van der Waals surface area (Å²) >= 11 is 0. The first-order valence-electron chi connectivity index (χ1n) is 9.21. The van der Waals surface area contributed by atoms with Crippen LogP contribution in [0.3, 0.4) is 0 Å². The number of benzene rings is 1. The number of rotatable bonds is 7. The van der Waals surface area contributed by atoms with E-state index >= 15 is 0 Å². The summed E-state index contributed by atoms with van der Waals surface area (Å²) in [7, 11) is 3.08. The van der Waals surface area contributed by atoms with Gasteiger partial charge in [0.15, 0.2) is 11.5 Å². The van der Waals surface area contributed by atoms with Gasteiger partial charge in [-0.1, -0.05) is 6.07 Å². The van der Waals surface area contributed by atoms with Gasteiger partial charge in [0.1, 0.15) is 5.92 Å². The molecule has 0 aliphatic carbocycles. The number of esters is 2. The number of nitrogens with zero attached hydrogens (tertiary/aromatic N) is 1. The van der Waals surface area contributed by atoms with Crippen LogP contribution >= 0.6 is 0 Å². The van der Waals surface area contributed by atoms with E-state index in [2.05, 4.69) is 4.99 Å². The molecule has 0 amide bonds. The average Bonchev–Trinajstić information content (AvgIpc) is 2.66. The summed E-state index contributed by atoms with van der Waals surface area (Å²) in [4.78, 5) is 30.0. The van der Waals surface area contributed by atoms with E-state index in [9.17, 15) is 9.59 Å². The van der Waals surface area contributed by atoms with Gasteiger partial charge in [-0.2, -0.15) is 0 Å². The minimum absolute atomic E-state index is 0.223. The lowest BCUT2D eigenvalue weighted by Gasteiger charge is -2.31. The standard InChI is InChI=1S/C21H27NO6/c1-7-27-20(23)17-12(3)22-13(4)18(21(24)28-8-2)19(17)14-9-10-15(25-5)16(11-14)26-6/h9-11,17,19H,7-8H2,1-6H3/t17?,19-/m1/s1. The number of carbonyl (C=O) groups excluding carboxylic acids is 2. The molecule has 152 valence electrons. The van der Waals surface area contributed by atoms with Gasteiger partial charge >= 0.3 is 11.9 Å². The van der Waals surface area contributed by atoms with Gasteiger partial charge in [0.05, 0.1) is 33.0 Å². The van der Waals surface area contributed by atoms with Crippen molar-refractivity contribution in [2.45, 2.75) is 33.6 Å². The maximum Gasteiger partial charge on any atom is 0.336 e. The number of hydrogen-bond acceptors (Lipinski definition) is 7.